The van der Waals surface area contributed by atoms with Gasteiger partial charge < -0.3 is 5.32 Å². The number of rotatable bonds is 5. The molecule has 1 N–H and O–H groups in total. The third-order valence-corrected chi connectivity index (χ3v) is 2.22. The van der Waals surface area contributed by atoms with Crippen LogP contribution in [-0.4, -0.2) is 31.5 Å². The van der Waals surface area contributed by atoms with Gasteiger partial charge in [0.05, 0.1) is 6.54 Å². The Morgan fingerprint density at radius 3 is 2.82 bits per heavy atom. The second-order valence-electron chi connectivity index (χ2n) is 3.24. The van der Waals surface area contributed by atoms with Crippen LogP contribution in [0.5, 0.6) is 0 Å². The summed E-state index contributed by atoms with van der Waals surface area (Å²) in [6.07, 6.45) is 3.43. The first-order valence-corrected chi connectivity index (χ1v) is 5.36. The summed E-state index contributed by atoms with van der Waals surface area (Å²) in [5, 5.41) is 11.2. The molecule has 0 aliphatic heterocycles. The molecule has 0 saturated carbocycles. The molecule has 0 fully saturated rings. The molecule has 0 saturated heterocycles. The molecule has 2 heterocycles. The minimum atomic E-state index is 0.150. The van der Waals surface area contributed by atoms with E-state index in [9.17, 15) is 0 Å². The first-order valence-electron chi connectivity index (χ1n) is 4.98. The summed E-state index contributed by atoms with van der Waals surface area (Å²) in [4.78, 5) is 8.17. The lowest BCUT2D eigenvalue weighted by molar-refractivity contribution is 0.677. The monoisotopic (exact) mass is 250 g/mol. The fourth-order valence-corrected chi connectivity index (χ4v) is 1.53. The molecule has 0 spiro atoms. The average molecular weight is 251 g/mol. The Hall–Kier alpha value is -1.95. The maximum atomic E-state index is 5.85. The van der Waals surface area contributed by atoms with Gasteiger partial charge in [0.2, 0.25) is 5.28 Å². The fraction of sp³-hybridized carbons (Fsp3) is 0.200. The van der Waals surface area contributed by atoms with Crippen molar-refractivity contribution in [2.75, 3.05) is 11.9 Å². The molecule has 0 unspecified atom stereocenters. The molecule has 0 amide bonds. The molecule has 88 valence electrons. The van der Waals surface area contributed by atoms with E-state index in [4.69, 9.17) is 11.6 Å². The summed E-state index contributed by atoms with van der Waals surface area (Å²) < 4.78 is 1.61. The van der Waals surface area contributed by atoms with Crippen molar-refractivity contribution < 1.29 is 0 Å². The van der Waals surface area contributed by atoms with Gasteiger partial charge in [-0.15, -0.1) is 18.3 Å². The summed E-state index contributed by atoms with van der Waals surface area (Å²) in [6, 6.07) is 0. The molecule has 2 aromatic rings. The van der Waals surface area contributed by atoms with E-state index in [1.807, 2.05) is 0 Å². The lowest BCUT2D eigenvalue weighted by atomic mass is 10.4. The van der Waals surface area contributed by atoms with Gasteiger partial charge in [-0.1, -0.05) is 17.4 Å². The van der Waals surface area contributed by atoms with Crippen LogP contribution in [0.15, 0.2) is 25.3 Å². The van der Waals surface area contributed by atoms with E-state index in [2.05, 4.69) is 38.8 Å². The number of allylic oxidation sites excluding steroid dienone is 1. The van der Waals surface area contributed by atoms with Gasteiger partial charge in [-0.25, -0.2) is 4.68 Å². The number of hydrogen-bond acceptors (Lipinski definition) is 5. The van der Waals surface area contributed by atoms with Crippen LogP contribution in [0.2, 0.25) is 5.28 Å². The first kappa shape index (κ1) is 11.5. The Bertz CT molecular complexity index is 561. The second-order valence-corrected chi connectivity index (χ2v) is 3.58. The highest BCUT2D eigenvalue weighted by atomic mass is 35.5. The minimum Gasteiger partial charge on any atom is -0.365 e. The minimum absolute atomic E-state index is 0.150. The largest absolute Gasteiger partial charge is 0.365 e. The molecule has 0 bridgehead atoms. The highest BCUT2D eigenvalue weighted by Crippen LogP contribution is 2.19. The van der Waals surface area contributed by atoms with E-state index in [1.54, 1.807) is 16.8 Å². The van der Waals surface area contributed by atoms with Crippen LogP contribution in [0.1, 0.15) is 0 Å². The lowest BCUT2D eigenvalue weighted by Crippen LogP contribution is -2.03. The highest BCUT2D eigenvalue weighted by molar-refractivity contribution is 6.28. The van der Waals surface area contributed by atoms with Crippen molar-refractivity contribution in [3.63, 3.8) is 0 Å². The molecule has 2 rings (SSSR count). The van der Waals surface area contributed by atoms with E-state index in [0.717, 1.165) is 0 Å². The van der Waals surface area contributed by atoms with Gasteiger partial charge in [0.25, 0.3) is 0 Å². The zero-order valence-electron chi connectivity index (χ0n) is 9.10. The average Bonchev–Trinajstić information content (AvgIpc) is 2.70. The first-order chi connectivity index (χ1) is 8.26. The fourth-order valence-electron chi connectivity index (χ4n) is 1.37. The Morgan fingerprint density at radius 1 is 1.29 bits per heavy atom. The summed E-state index contributed by atoms with van der Waals surface area (Å²) >= 11 is 5.85. The van der Waals surface area contributed by atoms with Gasteiger partial charge >= 0.3 is 0 Å². The van der Waals surface area contributed by atoms with Crippen molar-refractivity contribution in [1.29, 1.82) is 0 Å². The quantitative estimate of drug-likeness (QED) is 0.646. The van der Waals surface area contributed by atoms with Crippen molar-refractivity contribution in [3.05, 3.63) is 30.6 Å². The number of fused-ring (bicyclic) bond motifs is 1. The molecular weight excluding hydrogens is 240 g/mol. The maximum Gasteiger partial charge on any atom is 0.226 e. The summed E-state index contributed by atoms with van der Waals surface area (Å²) in [7, 11) is 0. The topological polar surface area (TPSA) is 68.5 Å². The number of nitrogens with zero attached hydrogens (tertiary/aromatic N) is 5. The molecule has 2 aromatic heterocycles. The standard InChI is InChI=1S/C10H11ClN6/c1-3-5-12-8-7-9(14-10(11)13-8)17(6-4-2)16-15-7/h3-4H,1-2,5-6H2,(H,12,13,14). The van der Waals surface area contributed by atoms with Crippen LogP contribution in [0.3, 0.4) is 0 Å². The zero-order chi connectivity index (χ0) is 12.3. The Labute approximate surface area is 103 Å². The Balaban J connectivity index is 2.52. The smallest absolute Gasteiger partial charge is 0.226 e. The van der Waals surface area contributed by atoms with E-state index in [1.165, 1.54) is 0 Å². The summed E-state index contributed by atoms with van der Waals surface area (Å²) in [6.45, 7) is 8.35. The number of hydrogen-bond donors (Lipinski definition) is 1. The third kappa shape index (κ3) is 2.26. The molecule has 0 aliphatic carbocycles. The second kappa shape index (κ2) is 4.92. The molecule has 0 aliphatic rings. The van der Waals surface area contributed by atoms with Crippen LogP contribution >= 0.6 is 11.6 Å². The van der Waals surface area contributed by atoms with Crippen LogP contribution in [-0.2, 0) is 6.54 Å². The van der Waals surface area contributed by atoms with Crippen molar-refractivity contribution in [3.8, 4) is 0 Å². The molecule has 7 heteroatoms. The third-order valence-electron chi connectivity index (χ3n) is 2.05. The van der Waals surface area contributed by atoms with Crippen molar-refractivity contribution in [1.82, 2.24) is 25.0 Å². The number of halogens is 1. The van der Waals surface area contributed by atoms with Gasteiger partial charge in [-0.05, 0) is 11.6 Å². The van der Waals surface area contributed by atoms with Gasteiger partial charge in [0.1, 0.15) is 0 Å². The van der Waals surface area contributed by atoms with Gasteiger partial charge in [-0.3, -0.25) is 0 Å². The highest BCUT2D eigenvalue weighted by Gasteiger charge is 2.12. The van der Waals surface area contributed by atoms with E-state index < -0.39 is 0 Å². The lowest BCUT2D eigenvalue weighted by Gasteiger charge is -2.03. The summed E-state index contributed by atoms with van der Waals surface area (Å²) in [5.74, 6) is 0.551. The van der Waals surface area contributed by atoms with Gasteiger partial charge in [-0.2, -0.15) is 9.97 Å². The van der Waals surface area contributed by atoms with Crippen molar-refractivity contribution >= 4 is 28.6 Å². The molecule has 0 aromatic carbocycles. The maximum absolute atomic E-state index is 5.85. The van der Waals surface area contributed by atoms with E-state index >= 15 is 0 Å². The molecule has 17 heavy (non-hydrogen) atoms. The molecule has 0 atom stereocenters. The van der Waals surface area contributed by atoms with Crippen LogP contribution in [0.4, 0.5) is 5.82 Å². The Morgan fingerprint density at radius 2 is 2.12 bits per heavy atom. The van der Waals surface area contributed by atoms with E-state index in [-0.39, 0.29) is 5.28 Å². The number of aromatic nitrogens is 5. The van der Waals surface area contributed by atoms with E-state index in [0.29, 0.717) is 30.1 Å². The number of anilines is 1. The summed E-state index contributed by atoms with van der Waals surface area (Å²) in [5.41, 5.74) is 1.16. The number of nitrogens with one attached hydrogen (secondary N) is 1. The predicted molar refractivity (Wildman–Crippen MR) is 67.0 cm³/mol. The van der Waals surface area contributed by atoms with Crippen molar-refractivity contribution in [2.45, 2.75) is 6.54 Å². The predicted octanol–water partition coefficient (Wildman–Crippen LogP) is 1.66. The SMILES string of the molecule is C=CCNc1nc(Cl)nc2c1nnn2CC=C. The zero-order valence-corrected chi connectivity index (χ0v) is 9.85. The molecule has 6 nitrogen and oxygen atoms in total. The van der Waals surface area contributed by atoms with Crippen molar-refractivity contribution in [2.24, 2.45) is 0 Å². The van der Waals surface area contributed by atoms with Crippen LogP contribution < -0.4 is 5.32 Å². The Kier molecular flexibility index (Phi) is 3.34. The molecular formula is C10H11ClN6. The van der Waals surface area contributed by atoms with Gasteiger partial charge in [0, 0.05) is 6.54 Å². The normalized spacial score (nSPS) is 10.4. The van der Waals surface area contributed by atoms with Crippen LogP contribution in [0, 0.1) is 0 Å². The van der Waals surface area contributed by atoms with Crippen LogP contribution in [0.25, 0.3) is 11.2 Å². The van der Waals surface area contributed by atoms with Gasteiger partial charge in [0.15, 0.2) is 17.0 Å². The molecule has 0 radical (unpaired) electrons.